The Bertz CT molecular complexity index is 350. The molecule has 1 rings (SSSR count). The summed E-state index contributed by atoms with van der Waals surface area (Å²) in [7, 11) is 1.74. The molecule has 1 aromatic rings. The minimum absolute atomic E-state index is 0.172. The zero-order valence-corrected chi connectivity index (χ0v) is 8.07. The summed E-state index contributed by atoms with van der Waals surface area (Å²) < 4.78 is 1.58. The number of amides is 2. The average molecular weight is 196 g/mol. The second-order valence-corrected chi connectivity index (χ2v) is 2.94. The van der Waals surface area contributed by atoms with E-state index in [4.69, 9.17) is 5.73 Å². The number of primary amides is 1. The van der Waals surface area contributed by atoms with E-state index in [2.05, 4.69) is 10.4 Å². The Labute approximate surface area is 81.1 Å². The summed E-state index contributed by atoms with van der Waals surface area (Å²) in [4.78, 5) is 21.7. The largest absolute Gasteiger partial charge is 0.368 e. The molecule has 0 unspecified atom stereocenters. The van der Waals surface area contributed by atoms with Crippen LogP contribution in [0.25, 0.3) is 0 Å². The number of aryl methyl sites for hydroxylation is 2. The molecule has 14 heavy (non-hydrogen) atoms. The summed E-state index contributed by atoms with van der Waals surface area (Å²) in [5.74, 6) is -0.974. The van der Waals surface area contributed by atoms with Crippen molar-refractivity contribution in [3.8, 4) is 0 Å². The first-order valence-corrected chi connectivity index (χ1v) is 4.08. The molecule has 0 aromatic carbocycles. The highest BCUT2D eigenvalue weighted by atomic mass is 16.2. The first-order chi connectivity index (χ1) is 6.50. The van der Waals surface area contributed by atoms with E-state index in [9.17, 15) is 9.59 Å². The van der Waals surface area contributed by atoms with E-state index < -0.39 is 11.8 Å². The lowest BCUT2D eigenvalue weighted by atomic mass is 10.3. The van der Waals surface area contributed by atoms with Crippen LogP contribution < -0.4 is 11.1 Å². The zero-order valence-electron chi connectivity index (χ0n) is 8.07. The van der Waals surface area contributed by atoms with E-state index in [1.807, 2.05) is 6.92 Å². The van der Waals surface area contributed by atoms with Crippen LogP contribution >= 0.6 is 0 Å². The lowest BCUT2D eigenvalue weighted by Gasteiger charge is -1.97. The third-order valence-electron chi connectivity index (χ3n) is 1.77. The van der Waals surface area contributed by atoms with Crippen molar-refractivity contribution in [1.29, 1.82) is 0 Å². The van der Waals surface area contributed by atoms with Gasteiger partial charge in [0.25, 0.3) is 5.91 Å². The van der Waals surface area contributed by atoms with Crippen LogP contribution in [-0.2, 0) is 11.8 Å². The van der Waals surface area contributed by atoms with Crippen LogP contribution in [0.15, 0.2) is 6.07 Å². The molecule has 76 valence electrons. The number of rotatable bonds is 3. The molecule has 0 radical (unpaired) electrons. The van der Waals surface area contributed by atoms with Crippen molar-refractivity contribution in [2.24, 2.45) is 12.8 Å². The Hall–Kier alpha value is -1.85. The molecule has 6 heteroatoms. The van der Waals surface area contributed by atoms with E-state index in [1.54, 1.807) is 17.8 Å². The Morgan fingerprint density at radius 3 is 2.71 bits per heavy atom. The van der Waals surface area contributed by atoms with Crippen molar-refractivity contribution in [1.82, 2.24) is 15.1 Å². The summed E-state index contributed by atoms with van der Waals surface area (Å²) >= 11 is 0. The molecule has 0 aliphatic rings. The number of aromatic nitrogens is 2. The van der Waals surface area contributed by atoms with Gasteiger partial charge in [-0.05, 0) is 13.0 Å². The molecule has 1 aromatic heterocycles. The maximum atomic E-state index is 11.3. The molecule has 0 saturated heterocycles. The number of hydrogen-bond acceptors (Lipinski definition) is 3. The second-order valence-electron chi connectivity index (χ2n) is 2.94. The van der Waals surface area contributed by atoms with Crippen molar-refractivity contribution in [3.05, 3.63) is 17.5 Å². The molecular formula is C8H12N4O2. The minimum atomic E-state index is -0.578. The third kappa shape index (κ3) is 2.32. The van der Waals surface area contributed by atoms with Crippen molar-refractivity contribution >= 4 is 11.8 Å². The smallest absolute Gasteiger partial charge is 0.272 e. The van der Waals surface area contributed by atoms with Gasteiger partial charge < -0.3 is 11.1 Å². The maximum absolute atomic E-state index is 11.3. The number of carbonyl (C=O) groups is 2. The van der Waals surface area contributed by atoms with Crippen LogP contribution in [0.1, 0.15) is 16.2 Å². The quantitative estimate of drug-likeness (QED) is 0.646. The predicted molar refractivity (Wildman–Crippen MR) is 49.5 cm³/mol. The Morgan fingerprint density at radius 2 is 2.29 bits per heavy atom. The molecule has 0 aliphatic heterocycles. The molecule has 0 atom stereocenters. The summed E-state index contributed by atoms with van der Waals surface area (Å²) in [6, 6.07) is 1.64. The van der Waals surface area contributed by atoms with Gasteiger partial charge >= 0.3 is 0 Å². The van der Waals surface area contributed by atoms with Crippen molar-refractivity contribution in [2.45, 2.75) is 6.92 Å². The normalized spacial score (nSPS) is 9.86. The van der Waals surface area contributed by atoms with Crippen molar-refractivity contribution < 1.29 is 9.59 Å². The zero-order chi connectivity index (χ0) is 10.7. The van der Waals surface area contributed by atoms with Gasteiger partial charge in [-0.25, -0.2) is 0 Å². The maximum Gasteiger partial charge on any atom is 0.272 e. The summed E-state index contributed by atoms with van der Waals surface area (Å²) in [5, 5.41) is 6.29. The monoisotopic (exact) mass is 196 g/mol. The average Bonchev–Trinajstić information content (AvgIpc) is 2.43. The highest BCUT2D eigenvalue weighted by Gasteiger charge is 2.10. The highest BCUT2D eigenvalue weighted by molar-refractivity contribution is 5.94. The van der Waals surface area contributed by atoms with Crippen molar-refractivity contribution in [3.63, 3.8) is 0 Å². The highest BCUT2D eigenvalue weighted by Crippen LogP contribution is 2.00. The second kappa shape index (κ2) is 3.91. The van der Waals surface area contributed by atoms with Gasteiger partial charge in [0, 0.05) is 12.7 Å². The van der Waals surface area contributed by atoms with Crippen LogP contribution in [-0.4, -0.2) is 28.1 Å². The molecule has 6 nitrogen and oxygen atoms in total. The lowest BCUT2D eigenvalue weighted by molar-refractivity contribution is -0.117. The van der Waals surface area contributed by atoms with Crippen molar-refractivity contribution in [2.75, 3.05) is 6.54 Å². The standard InChI is InChI=1S/C8H12N4O2/c1-5-3-6(11-12(5)2)8(14)10-4-7(9)13/h3H,4H2,1-2H3,(H2,9,13)(H,10,14). The topological polar surface area (TPSA) is 90.0 Å². The van der Waals surface area contributed by atoms with Crippen LogP contribution in [0.4, 0.5) is 0 Å². The molecular weight excluding hydrogens is 184 g/mol. The summed E-state index contributed by atoms with van der Waals surface area (Å²) in [6.45, 7) is 1.66. The molecule has 0 aliphatic carbocycles. The summed E-state index contributed by atoms with van der Waals surface area (Å²) in [6.07, 6.45) is 0. The molecule has 2 amide bonds. The van der Waals surface area contributed by atoms with E-state index in [0.29, 0.717) is 0 Å². The van der Waals surface area contributed by atoms with Gasteiger partial charge in [0.05, 0.1) is 6.54 Å². The third-order valence-corrected chi connectivity index (χ3v) is 1.77. The van der Waals surface area contributed by atoms with E-state index in [-0.39, 0.29) is 12.2 Å². The molecule has 0 fully saturated rings. The van der Waals surface area contributed by atoms with Gasteiger partial charge in [0.1, 0.15) is 5.69 Å². The van der Waals surface area contributed by atoms with Gasteiger partial charge in [-0.1, -0.05) is 0 Å². The molecule has 0 saturated carbocycles. The molecule has 3 N–H and O–H groups in total. The van der Waals surface area contributed by atoms with Crippen LogP contribution in [0.2, 0.25) is 0 Å². The van der Waals surface area contributed by atoms with E-state index >= 15 is 0 Å². The molecule has 1 heterocycles. The Kier molecular flexibility index (Phi) is 2.85. The Balaban J connectivity index is 2.65. The number of hydrogen-bond donors (Lipinski definition) is 2. The van der Waals surface area contributed by atoms with Crippen LogP contribution in [0.5, 0.6) is 0 Å². The molecule has 0 spiro atoms. The minimum Gasteiger partial charge on any atom is -0.368 e. The number of nitrogens with one attached hydrogen (secondary N) is 1. The SMILES string of the molecule is Cc1cc(C(=O)NCC(N)=O)nn1C. The first-order valence-electron chi connectivity index (χ1n) is 4.08. The van der Waals surface area contributed by atoms with Gasteiger partial charge in [-0.3, -0.25) is 14.3 Å². The van der Waals surface area contributed by atoms with Gasteiger partial charge in [0.15, 0.2) is 0 Å². The first kappa shape index (κ1) is 10.2. The Morgan fingerprint density at radius 1 is 1.64 bits per heavy atom. The van der Waals surface area contributed by atoms with E-state index in [0.717, 1.165) is 5.69 Å². The van der Waals surface area contributed by atoms with Crippen LogP contribution in [0, 0.1) is 6.92 Å². The molecule has 0 bridgehead atoms. The van der Waals surface area contributed by atoms with E-state index in [1.165, 1.54) is 0 Å². The fraction of sp³-hybridized carbons (Fsp3) is 0.375. The predicted octanol–water partition coefficient (Wildman–Crippen LogP) is -1.06. The van der Waals surface area contributed by atoms with Gasteiger partial charge in [0.2, 0.25) is 5.91 Å². The summed E-state index contributed by atoms with van der Waals surface area (Å²) in [5.41, 5.74) is 6.03. The number of carbonyl (C=O) groups excluding carboxylic acids is 2. The fourth-order valence-corrected chi connectivity index (χ4v) is 0.930. The van der Waals surface area contributed by atoms with Gasteiger partial charge in [-0.15, -0.1) is 0 Å². The lowest BCUT2D eigenvalue weighted by Crippen LogP contribution is -2.33. The van der Waals surface area contributed by atoms with Crippen LogP contribution in [0.3, 0.4) is 0 Å². The number of nitrogens with zero attached hydrogens (tertiary/aromatic N) is 2. The fourth-order valence-electron chi connectivity index (χ4n) is 0.930. The van der Waals surface area contributed by atoms with Gasteiger partial charge in [-0.2, -0.15) is 5.10 Å². The number of nitrogens with two attached hydrogens (primary N) is 1.